The molecule has 3 atom stereocenters. The molecule has 3 unspecified atom stereocenters. The second-order valence-electron chi connectivity index (χ2n) is 6.80. The molecular formula is C19H29NO4. The van der Waals surface area contributed by atoms with E-state index < -0.39 is 17.6 Å². The molecule has 1 fully saturated rings. The summed E-state index contributed by atoms with van der Waals surface area (Å²) in [6.07, 6.45) is 4.19. The number of rotatable bonds is 7. The van der Waals surface area contributed by atoms with Crippen LogP contribution in [0.15, 0.2) is 24.3 Å². The molecule has 1 aliphatic carbocycles. The highest BCUT2D eigenvalue weighted by atomic mass is 16.5. The van der Waals surface area contributed by atoms with Crippen molar-refractivity contribution in [2.75, 3.05) is 20.7 Å². The van der Waals surface area contributed by atoms with Crippen molar-refractivity contribution in [3.63, 3.8) is 0 Å². The normalized spacial score (nSPS) is 25.5. The van der Waals surface area contributed by atoms with Crippen molar-refractivity contribution < 1.29 is 19.7 Å². The predicted molar refractivity (Wildman–Crippen MR) is 93.2 cm³/mol. The van der Waals surface area contributed by atoms with Crippen molar-refractivity contribution >= 4 is 5.97 Å². The number of likely N-dealkylation sites (N-methyl/N-ethyl adjacent to an activating group) is 1. The summed E-state index contributed by atoms with van der Waals surface area (Å²) in [5.74, 6) is -0.0620. The number of carbonyl (C=O) groups is 1. The van der Waals surface area contributed by atoms with Crippen LogP contribution < -0.4 is 4.74 Å². The van der Waals surface area contributed by atoms with Crippen LogP contribution >= 0.6 is 0 Å². The monoisotopic (exact) mass is 335 g/mol. The maximum absolute atomic E-state index is 11.4. The molecule has 5 heteroatoms. The third-order valence-corrected chi connectivity index (χ3v) is 5.32. The number of ether oxygens (including phenoxy) is 1. The summed E-state index contributed by atoms with van der Waals surface area (Å²) >= 11 is 0. The fourth-order valence-corrected chi connectivity index (χ4v) is 3.89. The van der Waals surface area contributed by atoms with E-state index in [0.29, 0.717) is 19.4 Å². The third kappa shape index (κ3) is 3.90. The van der Waals surface area contributed by atoms with Crippen molar-refractivity contribution in [1.29, 1.82) is 0 Å². The summed E-state index contributed by atoms with van der Waals surface area (Å²) in [5.41, 5.74) is -0.0685. The molecule has 1 aromatic rings. The fraction of sp³-hybridized carbons (Fsp3) is 0.632. The van der Waals surface area contributed by atoms with Gasteiger partial charge in [0.15, 0.2) is 0 Å². The number of aliphatic carboxylic acids is 1. The Balaban J connectivity index is 2.24. The lowest BCUT2D eigenvalue weighted by molar-refractivity contribution is -0.144. The van der Waals surface area contributed by atoms with Gasteiger partial charge in [0.05, 0.1) is 12.7 Å². The quantitative estimate of drug-likeness (QED) is 0.802. The Morgan fingerprint density at radius 2 is 2.21 bits per heavy atom. The third-order valence-electron chi connectivity index (χ3n) is 5.32. The Morgan fingerprint density at radius 1 is 1.46 bits per heavy atom. The number of hydrogen-bond acceptors (Lipinski definition) is 4. The summed E-state index contributed by atoms with van der Waals surface area (Å²) in [6.45, 7) is 2.45. The average Bonchev–Trinajstić information content (AvgIpc) is 2.57. The molecule has 2 rings (SSSR count). The SMILES string of the molecule is CCC(C(=O)O)N(C)CC1CCCCC1(O)c1cccc(OC)c1. The van der Waals surface area contributed by atoms with Crippen LogP contribution in [0.25, 0.3) is 0 Å². The van der Waals surface area contributed by atoms with Gasteiger partial charge in [-0.05, 0) is 44.0 Å². The van der Waals surface area contributed by atoms with Gasteiger partial charge in [0.1, 0.15) is 11.8 Å². The van der Waals surface area contributed by atoms with Crippen LogP contribution in [0, 0.1) is 5.92 Å². The van der Waals surface area contributed by atoms with Gasteiger partial charge >= 0.3 is 5.97 Å². The Hall–Kier alpha value is -1.59. The zero-order valence-corrected chi connectivity index (χ0v) is 14.9. The Kier molecular flexibility index (Phi) is 6.24. The first-order valence-corrected chi connectivity index (χ1v) is 8.72. The van der Waals surface area contributed by atoms with E-state index in [1.54, 1.807) is 7.11 Å². The molecule has 0 bridgehead atoms. The molecule has 1 saturated carbocycles. The summed E-state index contributed by atoms with van der Waals surface area (Å²) in [6, 6.07) is 7.09. The number of carboxylic acids is 1. The number of methoxy groups -OCH3 is 1. The van der Waals surface area contributed by atoms with Gasteiger partial charge in [0, 0.05) is 12.5 Å². The molecule has 0 spiro atoms. The van der Waals surface area contributed by atoms with Gasteiger partial charge in [-0.15, -0.1) is 0 Å². The van der Waals surface area contributed by atoms with E-state index in [2.05, 4.69) is 0 Å². The number of nitrogens with zero attached hydrogens (tertiary/aromatic N) is 1. The van der Waals surface area contributed by atoms with Crippen LogP contribution in [0.4, 0.5) is 0 Å². The number of hydrogen-bond donors (Lipinski definition) is 2. The second-order valence-corrected chi connectivity index (χ2v) is 6.80. The molecule has 24 heavy (non-hydrogen) atoms. The lowest BCUT2D eigenvalue weighted by Crippen LogP contribution is -2.47. The Bertz CT molecular complexity index is 562. The van der Waals surface area contributed by atoms with Gasteiger partial charge in [-0.3, -0.25) is 9.69 Å². The van der Waals surface area contributed by atoms with Crippen LogP contribution in [0.2, 0.25) is 0 Å². The average molecular weight is 335 g/mol. The zero-order chi connectivity index (χ0) is 17.7. The number of carboxylic acid groups (broad SMARTS) is 1. The van der Waals surface area contributed by atoms with Gasteiger partial charge in [-0.1, -0.05) is 31.9 Å². The van der Waals surface area contributed by atoms with Crippen LogP contribution in [0.3, 0.4) is 0 Å². The summed E-state index contributed by atoms with van der Waals surface area (Å²) in [4.78, 5) is 13.3. The maximum atomic E-state index is 11.4. The molecule has 1 aliphatic rings. The Labute approximate surface area is 144 Å². The van der Waals surface area contributed by atoms with Gasteiger partial charge in [-0.2, -0.15) is 0 Å². The molecule has 0 heterocycles. The van der Waals surface area contributed by atoms with E-state index in [4.69, 9.17) is 4.74 Å². The highest BCUT2D eigenvalue weighted by Gasteiger charge is 2.41. The molecular weight excluding hydrogens is 306 g/mol. The number of aliphatic hydroxyl groups is 1. The largest absolute Gasteiger partial charge is 0.497 e. The molecule has 0 aliphatic heterocycles. The first-order valence-electron chi connectivity index (χ1n) is 8.72. The van der Waals surface area contributed by atoms with Crippen molar-refractivity contribution in [2.45, 2.75) is 50.7 Å². The smallest absolute Gasteiger partial charge is 0.320 e. The lowest BCUT2D eigenvalue weighted by atomic mass is 9.71. The molecule has 134 valence electrons. The van der Waals surface area contributed by atoms with Crippen LogP contribution in [0.1, 0.15) is 44.6 Å². The van der Waals surface area contributed by atoms with E-state index in [1.807, 2.05) is 43.1 Å². The van der Waals surface area contributed by atoms with Crippen LogP contribution in [-0.4, -0.2) is 47.8 Å². The van der Waals surface area contributed by atoms with Crippen LogP contribution in [0.5, 0.6) is 5.75 Å². The molecule has 1 aromatic carbocycles. The first kappa shape index (κ1) is 18.7. The minimum atomic E-state index is -0.933. The standard InChI is InChI=1S/C19H29NO4/c1-4-17(18(21)22)20(2)13-15-8-5-6-11-19(15,23)14-9-7-10-16(12-14)24-3/h7,9-10,12,15,17,23H,4-6,8,11,13H2,1-3H3,(H,21,22). The predicted octanol–water partition coefficient (Wildman–Crippen LogP) is 2.87. The molecule has 5 nitrogen and oxygen atoms in total. The molecule has 0 aromatic heterocycles. The summed E-state index contributed by atoms with van der Waals surface area (Å²) < 4.78 is 5.29. The molecule has 0 radical (unpaired) electrons. The molecule has 0 saturated heterocycles. The zero-order valence-electron chi connectivity index (χ0n) is 14.9. The lowest BCUT2D eigenvalue weighted by Gasteiger charge is -2.43. The van der Waals surface area contributed by atoms with E-state index in [0.717, 1.165) is 30.6 Å². The van der Waals surface area contributed by atoms with Gasteiger partial charge in [0.25, 0.3) is 0 Å². The van der Waals surface area contributed by atoms with E-state index in [9.17, 15) is 15.0 Å². The molecule has 2 N–H and O–H groups in total. The maximum Gasteiger partial charge on any atom is 0.320 e. The minimum absolute atomic E-state index is 0.0109. The minimum Gasteiger partial charge on any atom is -0.497 e. The van der Waals surface area contributed by atoms with Gasteiger partial charge < -0.3 is 14.9 Å². The van der Waals surface area contributed by atoms with Gasteiger partial charge in [-0.25, -0.2) is 0 Å². The van der Waals surface area contributed by atoms with Gasteiger partial charge in [0.2, 0.25) is 0 Å². The highest BCUT2D eigenvalue weighted by Crippen LogP contribution is 2.43. The fourth-order valence-electron chi connectivity index (χ4n) is 3.89. The highest BCUT2D eigenvalue weighted by molar-refractivity contribution is 5.73. The van der Waals surface area contributed by atoms with E-state index in [1.165, 1.54) is 0 Å². The number of benzene rings is 1. The van der Waals surface area contributed by atoms with Crippen molar-refractivity contribution in [2.24, 2.45) is 5.92 Å². The summed E-state index contributed by atoms with van der Waals surface area (Å²) in [7, 11) is 3.46. The summed E-state index contributed by atoms with van der Waals surface area (Å²) in [5, 5.41) is 20.8. The van der Waals surface area contributed by atoms with Crippen molar-refractivity contribution in [1.82, 2.24) is 4.90 Å². The molecule has 0 amide bonds. The van der Waals surface area contributed by atoms with Crippen molar-refractivity contribution in [3.8, 4) is 5.75 Å². The van der Waals surface area contributed by atoms with E-state index in [-0.39, 0.29) is 5.92 Å². The van der Waals surface area contributed by atoms with Crippen molar-refractivity contribution in [3.05, 3.63) is 29.8 Å². The topological polar surface area (TPSA) is 70.0 Å². The first-order chi connectivity index (χ1) is 11.4. The Morgan fingerprint density at radius 3 is 2.83 bits per heavy atom. The van der Waals surface area contributed by atoms with E-state index >= 15 is 0 Å². The second kappa shape index (κ2) is 7.99. The van der Waals surface area contributed by atoms with Crippen LogP contribution in [-0.2, 0) is 10.4 Å².